The van der Waals surface area contributed by atoms with Crippen LogP contribution in [0, 0.1) is 6.92 Å². The first-order chi connectivity index (χ1) is 17.0. The van der Waals surface area contributed by atoms with Crippen molar-refractivity contribution in [2.75, 3.05) is 24.6 Å². The average Bonchev–Trinajstić information content (AvgIpc) is 3.41. The van der Waals surface area contributed by atoms with Gasteiger partial charge in [-0.1, -0.05) is 12.1 Å². The molecule has 1 N–H and O–H groups in total. The molecule has 0 spiro atoms. The summed E-state index contributed by atoms with van der Waals surface area (Å²) in [5.74, 6) is 0.517. The Bertz CT molecular complexity index is 1360. The molecule has 0 radical (unpaired) electrons. The molecule has 0 unspecified atom stereocenters. The maximum atomic E-state index is 12.6. The molecule has 0 saturated heterocycles. The van der Waals surface area contributed by atoms with Crippen LogP contribution in [0.5, 0.6) is 0 Å². The highest BCUT2D eigenvalue weighted by Crippen LogP contribution is 2.25. The summed E-state index contributed by atoms with van der Waals surface area (Å²) in [4.78, 5) is 31.2. The summed E-state index contributed by atoms with van der Waals surface area (Å²) in [6.07, 6.45) is 2.81. The second-order valence-electron chi connectivity index (χ2n) is 8.12. The maximum Gasteiger partial charge on any atom is 0.407 e. The Kier molecular flexibility index (Phi) is 7.50. The van der Waals surface area contributed by atoms with E-state index in [2.05, 4.69) is 29.0 Å². The van der Waals surface area contributed by atoms with Crippen molar-refractivity contribution < 1.29 is 18.4 Å². The van der Waals surface area contributed by atoms with Gasteiger partial charge < -0.3 is 23.8 Å². The number of ether oxygens (including phenoxy) is 1. The second kappa shape index (κ2) is 10.9. The first-order valence-electron chi connectivity index (χ1n) is 11.7. The van der Waals surface area contributed by atoms with E-state index in [1.165, 1.54) is 6.26 Å². The van der Waals surface area contributed by atoms with Crippen LogP contribution < -0.4 is 15.8 Å². The Morgan fingerprint density at radius 1 is 1.14 bits per heavy atom. The van der Waals surface area contributed by atoms with Gasteiger partial charge in [0.15, 0.2) is 0 Å². The highest BCUT2D eigenvalue weighted by atomic mass is 16.5. The molecule has 2 heterocycles. The predicted octanol–water partition coefficient (Wildman–Crippen LogP) is 5.07. The number of fused-ring (bicyclic) bond motifs is 1. The van der Waals surface area contributed by atoms with Gasteiger partial charge in [-0.25, -0.2) is 14.6 Å². The molecule has 8 heteroatoms. The van der Waals surface area contributed by atoms with Gasteiger partial charge in [-0.2, -0.15) is 0 Å². The number of anilines is 1. The van der Waals surface area contributed by atoms with Crippen LogP contribution in [-0.2, 0) is 17.7 Å². The topological polar surface area (TPSA) is 97.8 Å². The molecule has 0 aliphatic rings. The van der Waals surface area contributed by atoms with Crippen molar-refractivity contribution in [3.63, 3.8) is 0 Å². The van der Waals surface area contributed by atoms with Crippen LogP contribution in [-0.4, -0.2) is 30.8 Å². The zero-order valence-corrected chi connectivity index (χ0v) is 20.2. The van der Waals surface area contributed by atoms with E-state index >= 15 is 0 Å². The van der Waals surface area contributed by atoms with Crippen LogP contribution in [0.15, 0.2) is 68.6 Å². The molecule has 2 aromatic carbocycles. The average molecular weight is 476 g/mol. The number of oxazole rings is 1. The SMILES string of the molecule is CCN(CC)c1ccc2c(C)c(CCOC(=O)NCc3cccc(-c4ncco4)c3)c(=O)oc2c1. The molecule has 4 aromatic rings. The molecule has 0 saturated carbocycles. The van der Waals surface area contributed by atoms with Gasteiger partial charge in [0.25, 0.3) is 0 Å². The third kappa shape index (κ3) is 5.54. The van der Waals surface area contributed by atoms with Gasteiger partial charge in [-0.3, -0.25) is 0 Å². The summed E-state index contributed by atoms with van der Waals surface area (Å²) in [7, 11) is 0. The molecule has 1 amide bonds. The van der Waals surface area contributed by atoms with Crippen LogP contribution in [0.1, 0.15) is 30.5 Å². The molecule has 182 valence electrons. The maximum absolute atomic E-state index is 12.6. The number of aryl methyl sites for hydroxylation is 1. The number of nitrogens with zero attached hydrogens (tertiary/aromatic N) is 2. The third-order valence-corrected chi connectivity index (χ3v) is 6.03. The molecular formula is C27H29N3O5. The minimum absolute atomic E-state index is 0.0663. The summed E-state index contributed by atoms with van der Waals surface area (Å²) in [5.41, 5.74) is 4.24. The number of benzene rings is 2. The van der Waals surface area contributed by atoms with Crippen molar-refractivity contribution in [2.45, 2.75) is 33.7 Å². The predicted molar refractivity (Wildman–Crippen MR) is 135 cm³/mol. The van der Waals surface area contributed by atoms with E-state index in [0.717, 1.165) is 40.9 Å². The van der Waals surface area contributed by atoms with E-state index in [1.54, 1.807) is 6.20 Å². The van der Waals surface area contributed by atoms with Crippen molar-refractivity contribution >= 4 is 22.7 Å². The first kappa shape index (κ1) is 24.1. The fraction of sp³-hybridized carbons (Fsp3) is 0.296. The van der Waals surface area contributed by atoms with Gasteiger partial charge in [0.05, 0.1) is 12.8 Å². The van der Waals surface area contributed by atoms with E-state index in [0.29, 0.717) is 23.6 Å². The number of nitrogens with one attached hydrogen (secondary N) is 1. The number of alkyl carbamates (subject to hydrolysis) is 1. The molecule has 8 nitrogen and oxygen atoms in total. The van der Waals surface area contributed by atoms with E-state index in [9.17, 15) is 9.59 Å². The monoisotopic (exact) mass is 475 g/mol. The minimum atomic E-state index is -0.557. The number of aromatic nitrogens is 1. The number of carbonyl (C=O) groups is 1. The second-order valence-corrected chi connectivity index (χ2v) is 8.12. The molecule has 4 rings (SSSR count). The fourth-order valence-corrected chi connectivity index (χ4v) is 4.11. The Balaban J connectivity index is 1.35. The lowest BCUT2D eigenvalue weighted by molar-refractivity contribution is 0.146. The van der Waals surface area contributed by atoms with Gasteiger partial charge in [0, 0.05) is 54.3 Å². The molecule has 0 aliphatic heterocycles. The van der Waals surface area contributed by atoms with Crippen molar-refractivity contribution in [2.24, 2.45) is 0 Å². The van der Waals surface area contributed by atoms with Gasteiger partial charge >= 0.3 is 11.7 Å². The summed E-state index contributed by atoms with van der Waals surface area (Å²) in [6, 6.07) is 13.5. The first-order valence-corrected chi connectivity index (χ1v) is 11.7. The van der Waals surface area contributed by atoms with Crippen LogP contribution in [0.4, 0.5) is 10.5 Å². The lowest BCUT2D eigenvalue weighted by Gasteiger charge is -2.21. The Morgan fingerprint density at radius 3 is 2.71 bits per heavy atom. The molecule has 0 aliphatic carbocycles. The van der Waals surface area contributed by atoms with Crippen LogP contribution in [0.25, 0.3) is 22.4 Å². The molecule has 2 aromatic heterocycles. The van der Waals surface area contributed by atoms with E-state index in [-0.39, 0.29) is 13.0 Å². The van der Waals surface area contributed by atoms with Crippen molar-refractivity contribution in [1.82, 2.24) is 10.3 Å². The van der Waals surface area contributed by atoms with Gasteiger partial charge in [0.1, 0.15) is 11.8 Å². The van der Waals surface area contributed by atoms with Gasteiger partial charge in [0.2, 0.25) is 5.89 Å². The fourth-order valence-electron chi connectivity index (χ4n) is 4.11. The highest BCUT2D eigenvalue weighted by Gasteiger charge is 2.14. The normalized spacial score (nSPS) is 10.9. The number of rotatable bonds is 9. The van der Waals surface area contributed by atoms with E-state index < -0.39 is 11.7 Å². The van der Waals surface area contributed by atoms with Crippen molar-refractivity contribution in [3.05, 3.63) is 82.0 Å². The zero-order valence-electron chi connectivity index (χ0n) is 20.2. The molecule has 0 fully saturated rings. The van der Waals surface area contributed by atoms with Crippen LogP contribution >= 0.6 is 0 Å². The number of carbonyl (C=O) groups excluding carboxylic acids is 1. The van der Waals surface area contributed by atoms with E-state index in [4.69, 9.17) is 13.6 Å². The summed E-state index contributed by atoms with van der Waals surface area (Å²) < 4.78 is 16.2. The largest absolute Gasteiger partial charge is 0.449 e. The number of amides is 1. The summed E-state index contributed by atoms with van der Waals surface area (Å²) >= 11 is 0. The number of hydrogen-bond acceptors (Lipinski definition) is 7. The molecule has 35 heavy (non-hydrogen) atoms. The minimum Gasteiger partial charge on any atom is -0.449 e. The third-order valence-electron chi connectivity index (χ3n) is 6.03. The van der Waals surface area contributed by atoms with Gasteiger partial charge in [-0.05, 0) is 56.2 Å². The Labute approximate surface area is 203 Å². The lowest BCUT2D eigenvalue weighted by atomic mass is 10.0. The smallest absolute Gasteiger partial charge is 0.407 e. The van der Waals surface area contributed by atoms with Gasteiger partial charge in [-0.15, -0.1) is 0 Å². The number of hydrogen-bond donors (Lipinski definition) is 1. The molecular weight excluding hydrogens is 446 g/mol. The zero-order chi connectivity index (χ0) is 24.8. The lowest BCUT2D eigenvalue weighted by Crippen LogP contribution is -2.25. The van der Waals surface area contributed by atoms with Crippen molar-refractivity contribution in [3.8, 4) is 11.5 Å². The standard InChI is InChI=1S/C27H29N3O5/c1-4-30(5-2)21-9-10-22-18(3)23(26(31)35-24(22)16-21)11-13-34-27(32)29-17-19-7-6-8-20(15-19)25-28-12-14-33-25/h6-10,12,14-16H,4-5,11,13,17H2,1-3H3,(H,29,32). The molecule has 0 atom stereocenters. The van der Waals surface area contributed by atoms with Crippen LogP contribution in [0.3, 0.4) is 0 Å². The van der Waals surface area contributed by atoms with Crippen LogP contribution in [0.2, 0.25) is 0 Å². The van der Waals surface area contributed by atoms with Crippen molar-refractivity contribution in [1.29, 1.82) is 0 Å². The summed E-state index contributed by atoms with van der Waals surface area (Å²) in [6.45, 7) is 8.17. The van der Waals surface area contributed by atoms with E-state index in [1.807, 2.05) is 49.4 Å². The highest BCUT2D eigenvalue weighted by molar-refractivity contribution is 5.84. The Hall–Kier alpha value is -4.07. The molecule has 0 bridgehead atoms. The summed E-state index contributed by atoms with van der Waals surface area (Å²) in [5, 5.41) is 3.61. The Morgan fingerprint density at radius 2 is 1.97 bits per heavy atom. The quantitative estimate of drug-likeness (QED) is 0.338.